The Labute approximate surface area is 166 Å². The Hall–Kier alpha value is -0.0500. The summed E-state index contributed by atoms with van der Waals surface area (Å²) in [7, 11) is -1.26. The molecule has 0 saturated heterocycles. The molecule has 0 aliphatic heterocycles. The van der Waals surface area contributed by atoms with E-state index in [1.807, 2.05) is 0 Å². The number of hydrogen-bond acceptors (Lipinski definition) is 6. The average Bonchev–Trinajstić information content (AvgIpc) is 2.65. The van der Waals surface area contributed by atoms with Crippen LogP contribution >= 0.6 is 16.1 Å². The minimum atomic E-state index is -2.98. The van der Waals surface area contributed by atoms with Crippen LogP contribution in [-0.4, -0.2) is 56.4 Å². The molecule has 1 aliphatic carbocycles. The van der Waals surface area contributed by atoms with Gasteiger partial charge in [0.15, 0.2) is 0 Å². The predicted octanol–water partition coefficient (Wildman–Crippen LogP) is 5.33. The fourth-order valence-electron chi connectivity index (χ4n) is 3.48. The predicted molar refractivity (Wildman–Crippen MR) is 110 cm³/mol. The molecule has 1 saturated carbocycles. The molecule has 0 amide bonds. The van der Waals surface area contributed by atoms with Crippen LogP contribution in [-0.2, 0) is 22.7 Å². The third-order valence-corrected chi connectivity index (χ3v) is 9.35. The van der Waals surface area contributed by atoms with Gasteiger partial charge in [0.1, 0.15) is 6.61 Å². The third kappa shape index (κ3) is 7.71. The number of nitrogens with zero attached hydrogens (tertiary/aromatic N) is 2. The maximum Gasteiger partial charge on any atom is 0.333 e. The molecule has 1 aliphatic rings. The van der Waals surface area contributed by atoms with Gasteiger partial charge in [-0.2, -0.15) is 0 Å². The minimum absolute atomic E-state index is 0.0250. The molecule has 0 aromatic rings. The van der Waals surface area contributed by atoms with Crippen LogP contribution < -0.4 is 0 Å². The summed E-state index contributed by atoms with van der Waals surface area (Å²) in [5, 5.41) is 0. The van der Waals surface area contributed by atoms with Gasteiger partial charge in [-0.15, -0.1) is 0 Å². The van der Waals surface area contributed by atoms with Crippen LogP contribution in [0.4, 0.5) is 0 Å². The first-order valence-electron chi connectivity index (χ1n) is 9.67. The van der Waals surface area contributed by atoms with Crippen LogP contribution in [0.15, 0.2) is 0 Å². The standard InChI is InChI=1S/C18H36N2O5P2/c1-15(2)20(16(3)4)26(24-13-12-19-5)25-14-17-8-10-18(11-9-17)27(21,22-6)23-7/h15-18H,8-14H2,1-4,6-7H3. The summed E-state index contributed by atoms with van der Waals surface area (Å²) in [5.74, 6) is 0.416. The Morgan fingerprint density at radius 1 is 1.07 bits per heavy atom. The number of hydrogen-bond donors (Lipinski definition) is 0. The van der Waals surface area contributed by atoms with Crippen molar-refractivity contribution >= 4 is 16.1 Å². The lowest BCUT2D eigenvalue weighted by Gasteiger charge is -2.37. The topological polar surface area (TPSA) is 61.6 Å². The van der Waals surface area contributed by atoms with Crippen molar-refractivity contribution in [3.8, 4) is 0 Å². The van der Waals surface area contributed by atoms with Gasteiger partial charge in [-0.25, -0.2) is 11.2 Å². The van der Waals surface area contributed by atoms with Gasteiger partial charge in [0.25, 0.3) is 8.53 Å². The van der Waals surface area contributed by atoms with E-state index in [0.29, 0.717) is 37.8 Å². The Bertz CT molecular complexity index is 488. The van der Waals surface area contributed by atoms with Gasteiger partial charge in [0.05, 0.1) is 12.3 Å². The van der Waals surface area contributed by atoms with E-state index in [0.717, 1.165) is 25.7 Å². The Morgan fingerprint density at radius 2 is 1.63 bits per heavy atom. The molecule has 0 heterocycles. The van der Waals surface area contributed by atoms with Crippen LogP contribution in [0.1, 0.15) is 53.4 Å². The fourth-order valence-corrected chi connectivity index (χ4v) is 6.83. The summed E-state index contributed by atoms with van der Waals surface area (Å²) < 4.78 is 37.3. The summed E-state index contributed by atoms with van der Waals surface area (Å²) in [4.78, 5) is 3.37. The van der Waals surface area contributed by atoms with Crippen molar-refractivity contribution in [1.29, 1.82) is 0 Å². The molecule has 1 rings (SSSR count). The van der Waals surface area contributed by atoms with Crippen molar-refractivity contribution in [3.05, 3.63) is 11.4 Å². The van der Waals surface area contributed by atoms with Crippen LogP contribution in [0.5, 0.6) is 0 Å². The first kappa shape index (κ1) is 25.0. The summed E-state index contributed by atoms with van der Waals surface area (Å²) in [6.45, 7) is 16.8. The summed E-state index contributed by atoms with van der Waals surface area (Å²) in [5.41, 5.74) is -0.0250. The minimum Gasteiger partial charge on any atom is -0.322 e. The monoisotopic (exact) mass is 422 g/mol. The highest BCUT2D eigenvalue weighted by molar-refractivity contribution is 7.54. The van der Waals surface area contributed by atoms with E-state index in [2.05, 4.69) is 37.2 Å². The Kier molecular flexibility index (Phi) is 11.6. The molecule has 0 radical (unpaired) electrons. The van der Waals surface area contributed by atoms with Gasteiger partial charge in [0.2, 0.25) is 6.54 Å². The second-order valence-electron chi connectivity index (χ2n) is 7.40. The molecule has 9 heteroatoms. The molecular formula is C18H36N2O5P2. The molecule has 27 heavy (non-hydrogen) atoms. The van der Waals surface area contributed by atoms with Crippen molar-refractivity contribution in [1.82, 2.24) is 4.67 Å². The zero-order valence-electron chi connectivity index (χ0n) is 17.6. The SMILES string of the molecule is [C-]#[N+]CCOP(OCC1CCC(P(=O)(OC)OC)CC1)N(C(C)C)C(C)C. The molecule has 0 bridgehead atoms. The zero-order valence-corrected chi connectivity index (χ0v) is 19.4. The van der Waals surface area contributed by atoms with E-state index in [9.17, 15) is 4.57 Å². The van der Waals surface area contributed by atoms with Crippen molar-refractivity contribution in [2.45, 2.75) is 71.1 Å². The molecule has 0 aromatic carbocycles. The average molecular weight is 422 g/mol. The van der Waals surface area contributed by atoms with E-state index < -0.39 is 16.1 Å². The van der Waals surface area contributed by atoms with Gasteiger partial charge < -0.3 is 22.9 Å². The second kappa shape index (κ2) is 12.5. The maximum absolute atomic E-state index is 12.5. The lowest BCUT2D eigenvalue weighted by molar-refractivity contribution is 0.145. The van der Waals surface area contributed by atoms with Crippen molar-refractivity contribution in [2.75, 3.05) is 34.0 Å². The summed E-state index contributed by atoms with van der Waals surface area (Å²) in [6.07, 6.45) is 3.52. The molecule has 158 valence electrons. The normalized spacial score (nSPS) is 22.4. The highest BCUT2D eigenvalue weighted by atomic mass is 31.2. The molecule has 1 atom stereocenters. The first-order valence-corrected chi connectivity index (χ1v) is 12.4. The smallest absolute Gasteiger partial charge is 0.322 e. The maximum atomic E-state index is 12.5. The summed E-state index contributed by atoms with van der Waals surface area (Å²) in [6, 6.07) is 0.600. The largest absolute Gasteiger partial charge is 0.333 e. The highest BCUT2D eigenvalue weighted by Gasteiger charge is 2.37. The number of rotatable bonds is 12. The molecule has 0 spiro atoms. The molecule has 1 unspecified atom stereocenters. The van der Waals surface area contributed by atoms with E-state index >= 15 is 0 Å². The second-order valence-corrected chi connectivity index (χ2v) is 11.4. The van der Waals surface area contributed by atoms with Crippen molar-refractivity contribution in [2.24, 2.45) is 5.92 Å². The van der Waals surface area contributed by atoms with Crippen molar-refractivity contribution in [3.63, 3.8) is 0 Å². The van der Waals surface area contributed by atoms with Gasteiger partial charge in [0, 0.05) is 26.3 Å². The Morgan fingerprint density at radius 3 is 2.07 bits per heavy atom. The van der Waals surface area contributed by atoms with E-state index in [4.69, 9.17) is 24.7 Å². The lowest BCUT2D eigenvalue weighted by Crippen LogP contribution is -2.34. The molecule has 1 fully saturated rings. The van der Waals surface area contributed by atoms with E-state index in [1.54, 1.807) is 0 Å². The van der Waals surface area contributed by atoms with Crippen LogP contribution in [0.25, 0.3) is 4.85 Å². The Balaban J connectivity index is 2.60. The fraction of sp³-hybridized carbons (Fsp3) is 0.944. The van der Waals surface area contributed by atoms with Crippen LogP contribution in [0.3, 0.4) is 0 Å². The van der Waals surface area contributed by atoms with E-state index in [1.165, 1.54) is 14.2 Å². The molecule has 7 nitrogen and oxygen atoms in total. The van der Waals surface area contributed by atoms with Gasteiger partial charge in [-0.1, -0.05) is 0 Å². The van der Waals surface area contributed by atoms with Crippen LogP contribution in [0.2, 0.25) is 0 Å². The molecule has 0 N–H and O–H groups in total. The van der Waals surface area contributed by atoms with Crippen LogP contribution in [0, 0.1) is 12.5 Å². The third-order valence-electron chi connectivity index (χ3n) is 4.84. The van der Waals surface area contributed by atoms with Crippen molar-refractivity contribution < 1.29 is 22.7 Å². The van der Waals surface area contributed by atoms with Gasteiger partial charge >= 0.3 is 7.60 Å². The first-order chi connectivity index (χ1) is 12.8. The van der Waals surface area contributed by atoms with E-state index in [-0.39, 0.29) is 5.66 Å². The van der Waals surface area contributed by atoms with Gasteiger partial charge in [-0.3, -0.25) is 4.57 Å². The lowest BCUT2D eigenvalue weighted by atomic mass is 9.90. The highest BCUT2D eigenvalue weighted by Crippen LogP contribution is 2.57. The molecule has 0 aromatic heterocycles. The molecular weight excluding hydrogens is 386 g/mol. The summed E-state index contributed by atoms with van der Waals surface area (Å²) >= 11 is 0. The zero-order chi connectivity index (χ0) is 20.4. The quantitative estimate of drug-likeness (QED) is 0.241. The van der Waals surface area contributed by atoms with Gasteiger partial charge in [-0.05, 0) is 59.3 Å².